The molecule has 0 bridgehead atoms. The fraction of sp³-hybridized carbons (Fsp3) is 0.625. The van der Waals surface area contributed by atoms with Gasteiger partial charge in [0.2, 0.25) is 5.79 Å². The number of aryl methyl sites for hydroxylation is 1. The number of hydrogen-bond acceptors (Lipinski definition) is 8. The minimum atomic E-state index is -3.80. The SMILES string of the molecule is CCCCCCC1(C)OCc2cc(CCC[Si](OC(C)=O)(OC(C)=O)OC(C)=O)ccc2O1. The Kier molecular flexibility index (Phi) is 9.91. The molecular weight excluding hydrogens is 444 g/mol. The number of unbranched alkanes of at least 4 members (excludes halogenated alkanes) is 3. The first-order valence-electron chi connectivity index (χ1n) is 11.6. The van der Waals surface area contributed by atoms with Crippen LogP contribution in [0.3, 0.4) is 0 Å². The average molecular weight is 481 g/mol. The van der Waals surface area contributed by atoms with Gasteiger partial charge in [-0.2, -0.15) is 0 Å². The van der Waals surface area contributed by atoms with Crippen molar-refractivity contribution in [1.82, 2.24) is 0 Å². The Balaban J connectivity index is 2.00. The van der Waals surface area contributed by atoms with Crippen molar-refractivity contribution in [3.8, 4) is 5.75 Å². The lowest BCUT2D eigenvalue weighted by molar-refractivity contribution is -0.198. The number of carbonyl (C=O) groups is 3. The molecule has 0 N–H and O–H groups in total. The fourth-order valence-corrected chi connectivity index (χ4v) is 6.23. The summed E-state index contributed by atoms with van der Waals surface area (Å²) in [6, 6.07) is 6.10. The molecular formula is C24H36O8Si. The van der Waals surface area contributed by atoms with Gasteiger partial charge in [-0.25, -0.2) is 0 Å². The molecule has 0 amide bonds. The van der Waals surface area contributed by atoms with Gasteiger partial charge in [0.1, 0.15) is 5.75 Å². The summed E-state index contributed by atoms with van der Waals surface area (Å²) in [5.74, 6) is -1.77. The molecule has 1 aliphatic rings. The molecule has 1 aliphatic heterocycles. The lowest BCUT2D eigenvalue weighted by atomic mass is 10.0. The van der Waals surface area contributed by atoms with Crippen LogP contribution in [-0.2, 0) is 45.4 Å². The quantitative estimate of drug-likeness (QED) is 0.310. The Morgan fingerprint density at radius 3 is 2.18 bits per heavy atom. The van der Waals surface area contributed by atoms with E-state index in [1.54, 1.807) is 0 Å². The Morgan fingerprint density at radius 1 is 0.970 bits per heavy atom. The summed E-state index contributed by atoms with van der Waals surface area (Å²) in [4.78, 5) is 34.7. The number of hydrogen-bond donors (Lipinski definition) is 0. The van der Waals surface area contributed by atoms with Crippen LogP contribution in [0.25, 0.3) is 0 Å². The average Bonchev–Trinajstić information content (AvgIpc) is 2.70. The van der Waals surface area contributed by atoms with E-state index in [0.717, 1.165) is 29.7 Å². The molecule has 9 heteroatoms. The van der Waals surface area contributed by atoms with Crippen LogP contribution >= 0.6 is 0 Å². The Labute approximate surface area is 197 Å². The number of fused-ring (bicyclic) bond motifs is 1. The van der Waals surface area contributed by atoms with Gasteiger partial charge in [-0.3, -0.25) is 14.4 Å². The van der Waals surface area contributed by atoms with Crippen LogP contribution in [0.1, 0.15) is 84.3 Å². The van der Waals surface area contributed by atoms with Gasteiger partial charge in [0.15, 0.2) is 0 Å². The molecule has 8 nitrogen and oxygen atoms in total. The maximum Gasteiger partial charge on any atom is 0.705 e. The summed E-state index contributed by atoms with van der Waals surface area (Å²) in [5, 5.41) is 0. The zero-order valence-electron chi connectivity index (χ0n) is 20.4. The lowest BCUT2D eigenvalue weighted by Gasteiger charge is -2.36. The van der Waals surface area contributed by atoms with Gasteiger partial charge in [0.05, 0.1) is 12.7 Å². The van der Waals surface area contributed by atoms with Crippen LogP contribution < -0.4 is 4.74 Å². The molecule has 33 heavy (non-hydrogen) atoms. The summed E-state index contributed by atoms with van der Waals surface area (Å²) < 4.78 is 27.9. The van der Waals surface area contributed by atoms with Crippen LogP contribution in [0.2, 0.25) is 6.04 Å². The molecule has 0 fully saturated rings. The molecule has 2 rings (SSSR count). The van der Waals surface area contributed by atoms with Crippen molar-refractivity contribution >= 4 is 26.7 Å². The smallest absolute Gasteiger partial charge is 0.462 e. The molecule has 0 radical (unpaired) electrons. The third-order valence-corrected chi connectivity index (χ3v) is 8.08. The monoisotopic (exact) mass is 480 g/mol. The molecule has 1 atom stereocenters. The van der Waals surface area contributed by atoms with E-state index in [2.05, 4.69) is 6.92 Å². The van der Waals surface area contributed by atoms with Crippen LogP contribution in [0.15, 0.2) is 18.2 Å². The van der Waals surface area contributed by atoms with Crippen LogP contribution in [-0.4, -0.2) is 32.5 Å². The second-order valence-electron chi connectivity index (χ2n) is 8.59. The standard InChI is InChI=1S/C24H36O8Si/c1-6-7-8-9-14-24(5)28-17-22-16-21(12-13-23(22)29-24)11-10-15-33(30-18(2)25,31-19(3)26)32-20(4)27/h12-13,16H,6-11,14-15,17H2,1-5H3. The van der Waals surface area contributed by atoms with E-state index in [9.17, 15) is 14.4 Å². The van der Waals surface area contributed by atoms with Crippen molar-refractivity contribution < 1.29 is 37.1 Å². The van der Waals surface area contributed by atoms with Gasteiger partial charge >= 0.3 is 8.80 Å². The summed E-state index contributed by atoms with van der Waals surface area (Å²) in [7, 11) is -3.80. The third-order valence-electron chi connectivity index (χ3n) is 5.31. The fourth-order valence-electron chi connectivity index (χ4n) is 3.87. The second kappa shape index (κ2) is 12.2. The third kappa shape index (κ3) is 8.81. The van der Waals surface area contributed by atoms with E-state index in [1.165, 1.54) is 40.0 Å². The van der Waals surface area contributed by atoms with E-state index < -0.39 is 32.5 Å². The van der Waals surface area contributed by atoms with Crippen molar-refractivity contribution in [2.75, 3.05) is 0 Å². The predicted molar refractivity (Wildman–Crippen MR) is 123 cm³/mol. The van der Waals surface area contributed by atoms with Gasteiger partial charge in [0, 0.05) is 39.7 Å². The Hall–Kier alpha value is -2.39. The van der Waals surface area contributed by atoms with Crippen LogP contribution in [0.5, 0.6) is 5.75 Å². The number of carbonyl (C=O) groups excluding carboxylic acids is 3. The van der Waals surface area contributed by atoms with E-state index in [1.807, 2.05) is 25.1 Å². The molecule has 0 aliphatic carbocycles. The molecule has 1 aromatic carbocycles. The van der Waals surface area contributed by atoms with Crippen molar-refractivity contribution in [2.24, 2.45) is 0 Å². The van der Waals surface area contributed by atoms with Gasteiger partial charge in [-0.15, -0.1) is 0 Å². The largest absolute Gasteiger partial charge is 0.705 e. The second-order valence-corrected chi connectivity index (χ2v) is 11.1. The molecule has 0 saturated heterocycles. The minimum Gasteiger partial charge on any atom is -0.462 e. The van der Waals surface area contributed by atoms with Crippen molar-refractivity contribution in [3.63, 3.8) is 0 Å². The Bertz CT molecular complexity index is 799. The first-order chi connectivity index (χ1) is 15.6. The molecule has 1 aromatic rings. The van der Waals surface area contributed by atoms with Gasteiger partial charge in [-0.05, 0) is 37.0 Å². The van der Waals surface area contributed by atoms with Crippen LogP contribution in [0.4, 0.5) is 0 Å². The zero-order valence-corrected chi connectivity index (χ0v) is 21.4. The predicted octanol–water partition coefficient (Wildman–Crippen LogP) is 4.84. The lowest BCUT2D eigenvalue weighted by Crippen LogP contribution is -2.49. The molecule has 0 spiro atoms. The number of rotatable bonds is 12. The molecule has 184 valence electrons. The number of ether oxygens (including phenoxy) is 2. The highest BCUT2D eigenvalue weighted by atomic mass is 28.4. The molecule has 0 saturated carbocycles. The van der Waals surface area contributed by atoms with E-state index in [-0.39, 0.29) is 6.04 Å². The van der Waals surface area contributed by atoms with Gasteiger partial charge in [0.25, 0.3) is 17.9 Å². The molecule has 1 heterocycles. The summed E-state index contributed by atoms with van der Waals surface area (Å²) in [5.41, 5.74) is 2.01. The van der Waals surface area contributed by atoms with Gasteiger partial charge < -0.3 is 22.8 Å². The van der Waals surface area contributed by atoms with E-state index >= 15 is 0 Å². The van der Waals surface area contributed by atoms with Crippen molar-refractivity contribution in [1.29, 1.82) is 0 Å². The zero-order chi connectivity index (χ0) is 24.5. The van der Waals surface area contributed by atoms with E-state index in [4.69, 9.17) is 22.8 Å². The maximum atomic E-state index is 11.6. The van der Waals surface area contributed by atoms with E-state index in [0.29, 0.717) is 19.4 Å². The van der Waals surface area contributed by atoms with Crippen molar-refractivity contribution in [3.05, 3.63) is 29.3 Å². The first-order valence-corrected chi connectivity index (χ1v) is 13.5. The van der Waals surface area contributed by atoms with Crippen LogP contribution in [0, 0.1) is 0 Å². The summed E-state index contributed by atoms with van der Waals surface area (Å²) >= 11 is 0. The minimum absolute atomic E-state index is 0.144. The van der Waals surface area contributed by atoms with Crippen molar-refractivity contribution in [2.45, 2.75) is 98.0 Å². The Morgan fingerprint density at radius 2 is 1.61 bits per heavy atom. The maximum absolute atomic E-state index is 11.6. The summed E-state index contributed by atoms with van der Waals surface area (Å²) in [6.45, 7) is 8.22. The highest BCUT2D eigenvalue weighted by molar-refractivity contribution is 6.65. The first kappa shape index (κ1) is 26.9. The van der Waals surface area contributed by atoms with Gasteiger partial charge in [-0.1, -0.05) is 32.3 Å². The topological polar surface area (TPSA) is 97.4 Å². The number of benzene rings is 1. The normalized spacial score (nSPS) is 17.5. The molecule has 1 unspecified atom stereocenters. The molecule has 0 aromatic heterocycles. The highest BCUT2D eigenvalue weighted by Crippen LogP contribution is 2.35. The summed E-state index contributed by atoms with van der Waals surface area (Å²) in [6.07, 6.45) is 6.60. The highest BCUT2D eigenvalue weighted by Gasteiger charge is 2.51.